The van der Waals surface area contributed by atoms with Crippen LogP contribution in [0, 0.1) is 11.6 Å². The van der Waals surface area contributed by atoms with Crippen LogP contribution in [-0.2, 0) is 10.3 Å². The van der Waals surface area contributed by atoms with Crippen LogP contribution < -0.4 is 10.6 Å². The maximum Gasteiger partial charge on any atom is 0.217 e. The van der Waals surface area contributed by atoms with E-state index in [2.05, 4.69) is 10.6 Å². The molecule has 0 spiro atoms. The fraction of sp³-hybridized carbons (Fsp3) is 0.588. The van der Waals surface area contributed by atoms with Gasteiger partial charge in [-0.05, 0) is 58.2 Å². The van der Waals surface area contributed by atoms with E-state index >= 15 is 0 Å². The number of amides is 1. The summed E-state index contributed by atoms with van der Waals surface area (Å²) in [7, 11) is 0. The van der Waals surface area contributed by atoms with Crippen molar-refractivity contribution in [3.63, 3.8) is 0 Å². The van der Waals surface area contributed by atoms with Crippen LogP contribution in [0.15, 0.2) is 18.2 Å². The molecule has 122 valence electrons. The van der Waals surface area contributed by atoms with Gasteiger partial charge in [0.1, 0.15) is 11.6 Å². The molecule has 0 saturated heterocycles. The van der Waals surface area contributed by atoms with E-state index in [0.29, 0.717) is 12.0 Å². The van der Waals surface area contributed by atoms with E-state index in [1.165, 1.54) is 19.1 Å². The van der Waals surface area contributed by atoms with Gasteiger partial charge >= 0.3 is 0 Å². The summed E-state index contributed by atoms with van der Waals surface area (Å²) in [5.41, 5.74) is -0.427. The number of carbonyl (C=O) groups is 1. The van der Waals surface area contributed by atoms with Crippen LogP contribution in [0.25, 0.3) is 0 Å². The Morgan fingerprint density at radius 3 is 2.55 bits per heavy atom. The second-order valence-electron chi connectivity index (χ2n) is 7.02. The molecule has 0 aromatic heterocycles. The normalized spacial score (nSPS) is 17.9. The molecule has 1 aliphatic carbocycles. The van der Waals surface area contributed by atoms with Gasteiger partial charge in [0, 0.05) is 29.6 Å². The molecule has 1 aromatic rings. The molecule has 1 atom stereocenters. The number of benzene rings is 1. The first-order chi connectivity index (χ1) is 10.1. The molecule has 3 nitrogen and oxygen atoms in total. The summed E-state index contributed by atoms with van der Waals surface area (Å²) in [6.45, 7) is 7.40. The zero-order valence-electron chi connectivity index (χ0n) is 13.6. The number of carbonyl (C=O) groups excluding carboxylic acids is 1. The van der Waals surface area contributed by atoms with Gasteiger partial charge in [0.15, 0.2) is 0 Å². The van der Waals surface area contributed by atoms with Crippen molar-refractivity contribution in [3.8, 4) is 0 Å². The minimum Gasteiger partial charge on any atom is -0.351 e. The minimum atomic E-state index is -0.474. The molecule has 1 amide bonds. The van der Waals surface area contributed by atoms with Crippen LogP contribution in [0.4, 0.5) is 8.78 Å². The number of nitrogens with one attached hydrogen (secondary N) is 2. The van der Waals surface area contributed by atoms with Crippen LogP contribution in [0.2, 0.25) is 0 Å². The Morgan fingerprint density at radius 2 is 2.00 bits per heavy atom. The van der Waals surface area contributed by atoms with E-state index in [9.17, 15) is 13.6 Å². The lowest BCUT2D eigenvalue weighted by Crippen LogP contribution is -2.48. The number of hydrogen-bond acceptors (Lipinski definition) is 2. The van der Waals surface area contributed by atoms with Crippen LogP contribution in [-0.4, -0.2) is 17.5 Å². The summed E-state index contributed by atoms with van der Waals surface area (Å²) in [5.74, 6) is -0.870. The van der Waals surface area contributed by atoms with E-state index in [4.69, 9.17) is 0 Å². The van der Waals surface area contributed by atoms with E-state index in [0.717, 1.165) is 18.9 Å². The maximum absolute atomic E-state index is 14.0. The SMILES string of the molecule is CC(=O)NC(C)(C)C[C@H](C)NC1(c2cc(F)ccc2F)CC1. The molecule has 0 radical (unpaired) electrons. The Morgan fingerprint density at radius 1 is 1.36 bits per heavy atom. The molecule has 1 aromatic carbocycles. The van der Waals surface area contributed by atoms with Crippen LogP contribution >= 0.6 is 0 Å². The fourth-order valence-electron chi connectivity index (χ4n) is 3.30. The van der Waals surface area contributed by atoms with Crippen molar-refractivity contribution in [2.75, 3.05) is 0 Å². The third-order valence-corrected chi connectivity index (χ3v) is 4.05. The molecule has 0 bridgehead atoms. The minimum absolute atomic E-state index is 0.0621. The van der Waals surface area contributed by atoms with Gasteiger partial charge in [0.25, 0.3) is 0 Å². The first-order valence-electron chi connectivity index (χ1n) is 7.66. The van der Waals surface area contributed by atoms with Crippen LogP contribution in [0.5, 0.6) is 0 Å². The first-order valence-corrected chi connectivity index (χ1v) is 7.66. The zero-order valence-corrected chi connectivity index (χ0v) is 13.6. The second-order valence-corrected chi connectivity index (χ2v) is 7.02. The van der Waals surface area contributed by atoms with Gasteiger partial charge in [-0.3, -0.25) is 4.79 Å². The zero-order chi connectivity index (χ0) is 16.5. The van der Waals surface area contributed by atoms with Gasteiger partial charge in [0.2, 0.25) is 5.91 Å². The summed E-state index contributed by atoms with van der Waals surface area (Å²) < 4.78 is 27.4. The Labute approximate surface area is 130 Å². The Bertz CT molecular complexity index is 568. The monoisotopic (exact) mass is 310 g/mol. The molecule has 2 rings (SSSR count). The molecule has 1 saturated carbocycles. The van der Waals surface area contributed by atoms with Crippen molar-refractivity contribution in [3.05, 3.63) is 35.4 Å². The largest absolute Gasteiger partial charge is 0.351 e. The fourth-order valence-corrected chi connectivity index (χ4v) is 3.30. The third-order valence-electron chi connectivity index (χ3n) is 4.05. The molecule has 1 aliphatic rings. The summed E-state index contributed by atoms with van der Waals surface area (Å²) in [4.78, 5) is 11.2. The smallest absolute Gasteiger partial charge is 0.217 e. The highest BCUT2D eigenvalue weighted by Crippen LogP contribution is 2.47. The number of rotatable bonds is 6. The van der Waals surface area contributed by atoms with Gasteiger partial charge in [-0.2, -0.15) is 0 Å². The van der Waals surface area contributed by atoms with E-state index in [1.807, 2.05) is 20.8 Å². The Balaban J connectivity index is 2.06. The standard InChI is InChI=1S/C17H24F2N2O/c1-11(10-16(3,4)21-12(2)22)20-17(7-8-17)14-9-13(18)5-6-15(14)19/h5-6,9,11,20H,7-8,10H2,1-4H3,(H,21,22)/t11-/m0/s1. The number of hydrogen-bond donors (Lipinski definition) is 2. The summed E-state index contributed by atoms with van der Waals surface area (Å²) in [5, 5.41) is 6.33. The third kappa shape index (κ3) is 4.03. The maximum atomic E-state index is 14.0. The van der Waals surface area contributed by atoms with Crippen molar-refractivity contribution < 1.29 is 13.6 Å². The molecule has 0 heterocycles. The molecule has 22 heavy (non-hydrogen) atoms. The Kier molecular flexibility index (Phi) is 4.57. The number of halogens is 2. The molecule has 0 unspecified atom stereocenters. The van der Waals surface area contributed by atoms with Gasteiger partial charge in [-0.15, -0.1) is 0 Å². The van der Waals surface area contributed by atoms with Gasteiger partial charge in [0.05, 0.1) is 0 Å². The van der Waals surface area contributed by atoms with Crippen molar-refractivity contribution in [2.45, 2.75) is 64.1 Å². The molecule has 1 fully saturated rings. The van der Waals surface area contributed by atoms with Crippen LogP contribution in [0.3, 0.4) is 0 Å². The first kappa shape index (κ1) is 16.9. The predicted molar refractivity (Wildman–Crippen MR) is 82.4 cm³/mol. The van der Waals surface area contributed by atoms with E-state index in [1.54, 1.807) is 0 Å². The van der Waals surface area contributed by atoms with Gasteiger partial charge in [-0.25, -0.2) is 8.78 Å². The lowest BCUT2D eigenvalue weighted by molar-refractivity contribution is -0.120. The van der Waals surface area contributed by atoms with Crippen molar-refractivity contribution in [2.24, 2.45) is 0 Å². The molecular formula is C17H24F2N2O. The summed E-state index contributed by atoms with van der Waals surface area (Å²) in [6, 6.07) is 3.66. The predicted octanol–water partition coefficient (Wildman–Crippen LogP) is 3.24. The van der Waals surface area contributed by atoms with Gasteiger partial charge < -0.3 is 10.6 Å². The topological polar surface area (TPSA) is 41.1 Å². The highest BCUT2D eigenvalue weighted by atomic mass is 19.1. The lowest BCUT2D eigenvalue weighted by Gasteiger charge is -2.32. The van der Waals surface area contributed by atoms with Crippen molar-refractivity contribution in [1.82, 2.24) is 10.6 Å². The second kappa shape index (κ2) is 5.95. The molecule has 5 heteroatoms. The highest BCUT2D eigenvalue weighted by molar-refractivity contribution is 5.73. The average Bonchev–Trinajstić information content (AvgIpc) is 3.10. The summed E-state index contributed by atoms with van der Waals surface area (Å²) >= 11 is 0. The van der Waals surface area contributed by atoms with Gasteiger partial charge in [-0.1, -0.05) is 0 Å². The lowest BCUT2D eigenvalue weighted by atomic mass is 9.94. The molecule has 2 N–H and O–H groups in total. The average molecular weight is 310 g/mol. The van der Waals surface area contributed by atoms with E-state index < -0.39 is 11.4 Å². The summed E-state index contributed by atoms with van der Waals surface area (Å²) in [6.07, 6.45) is 2.28. The highest BCUT2D eigenvalue weighted by Gasteiger charge is 2.47. The van der Waals surface area contributed by atoms with E-state index in [-0.39, 0.29) is 23.3 Å². The van der Waals surface area contributed by atoms with Crippen molar-refractivity contribution in [1.29, 1.82) is 0 Å². The Hall–Kier alpha value is -1.49. The molecular weight excluding hydrogens is 286 g/mol. The quantitative estimate of drug-likeness (QED) is 0.847. The van der Waals surface area contributed by atoms with Crippen molar-refractivity contribution >= 4 is 5.91 Å². The van der Waals surface area contributed by atoms with Crippen LogP contribution in [0.1, 0.15) is 52.5 Å². The molecule has 0 aliphatic heterocycles.